The lowest BCUT2D eigenvalue weighted by Gasteiger charge is -2.10. The third-order valence-corrected chi connectivity index (χ3v) is 5.20. The van der Waals surface area contributed by atoms with Crippen LogP contribution in [0.4, 0.5) is 5.69 Å². The summed E-state index contributed by atoms with van der Waals surface area (Å²) < 4.78 is 11.2. The number of hydrogen-bond donors (Lipinski definition) is 3. The molecule has 0 saturated carbocycles. The second-order valence-corrected chi connectivity index (χ2v) is 7.93. The number of benzene rings is 4. The molecule has 4 rings (SSSR count). The highest BCUT2D eigenvalue weighted by Crippen LogP contribution is 2.18. The van der Waals surface area contributed by atoms with Crippen LogP contribution in [0.1, 0.15) is 26.3 Å². The Morgan fingerprint density at radius 1 is 0.568 bits per heavy atom. The normalized spacial score (nSPS) is 10.2. The smallest absolute Gasteiger partial charge is 0.276 e. The second kappa shape index (κ2) is 12.6. The first-order valence-corrected chi connectivity index (χ1v) is 11.5. The Labute approximate surface area is 214 Å². The summed E-state index contributed by atoms with van der Waals surface area (Å²) in [5.74, 6) is -0.113. The van der Waals surface area contributed by atoms with Gasteiger partial charge in [-0.25, -0.2) is 0 Å². The topological polar surface area (TPSA) is 106 Å². The van der Waals surface area contributed by atoms with Crippen LogP contribution in [0.3, 0.4) is 0 Å². The molecule has 0 aromatic heterocycles. The number of carbonyl (C=O) groups is 3. The molecule has 0 aliphatic heterocycles. The molecule has 0 saturated heterocycles. The van der Waals surface area contributed by atoms with E-state index >= 15 is 0 Å². The quantitative estimate of drug-likeness (QED) is 0.299. The molecule has 8 nitrogen and oxygen atoms in total. The lowest BCUT2D eigenvalue weighted by molar-refractivity contribution is -0.123. The van der Waals surface area contributed by atoms with Crippen LogP contribution >= 0.6 is 0 Å². The largest absolute Gasteiger partial charge is 0.489 e. The summed E-state index contributed by atoms with van der Waals surface area (Å²) in [4.78, 5) is 36.6. The number of rotatable bonds is 9. The first-order valence-electron chi connectivity index (χ1n) is 11.5. The Kier molecular flexibility index (Phi) is 8.48. The van der Waals surface area contributed by atoms with Crippen LogP contribution in [-0.4, -0.2) is 24.3 Å². The van der Waals surface area contributed by atoms with Crippen LogP contribution in [0.2, 0.25) is 0 Å². The van der Waals surface area contributed by atoms with E-state index in [1.165, 1.54) is 0 Å². The van der Waals surface area contributed by atoms with Gasteiger partial charge in [-0.05, 0) is 66.2 Å². The third kappa shape index (κ3) is 7.69. The monoisotopic (exact) mass is 495 g/mol. The van der Waals surface area contributed by atoms with Gasteiger partial charge in [0.05, 0.1) is 0 Å². The fourth-order valence-electron chi connectivity index (χ4n) is 3.25. The summed E-state index contributed by atoms with van der Waals surface area (Å²) in [6.45, 7) is 0.170. The second-order valence-electron chi connectivity index (χ2n) is 7.93. The molecule has 4 aromatic carbocycles. The van der Waals surface area contributed by atoms with Gasteiger partial charge in [-0.1, -0.05) is 48.5 Å². The third-order valence-electron chi connectivity index (χ3n) is 5.20. The molecule has 0 fully saturated rings. The minimum atomic E-state index is -0.524. The first kappa shape index (κ1) is 25.0. The molecule has 0 aliphatic rings. The van der Waals surface area contributed by atoms with Crippen molar-refractivity contribution < 1.29 is 23.9 Å². The van der Waals surface area contributed by atoms with E-state index in [4.69, 9.17) is 9.47 Å². The average Bonchev–Trinajstić information content (AvgIpc) is 2.95. The molecule has 0 atom stereocenters. The number of amides is 3. The number of nitrogens with one attached hydrogen (secondary N) is 3. The molecule has 0 aliphatic carbocycles. The summed E-state index contributed by atoms with van der Waals surface area (Å²) in [6, 6.07) is 31.8. The van der Waals surface area contributed by atoms with E-state index in [1.807, 2.05) is 36.4 Å². The maximum Gasteiger partial charge on any atom is 0.276 e. The van der Waals surface area contributed by atoms with Gasteiger partial charge in [0.1, 0.15) is 18.1 Å². The Morgan fingerprint density at radius 2 is 1.14 bits per heavy atom. The Balaban J connectivity index is 1.17. The molecule has 0 radical (unpaired) electrons. The highest BCUT2D eigenvalue weighted by atomic mass is 16.5. The van der Waals surface area contributed by atoms with Crippen LogP contribution in [0.15, 0.2) is 109 Å². The zero-order valence-electron chi connectivity index (χ0n) is 19.8. The molecule has 0 heterocycles. The zero-order valence-corrected chi connectivity index (χ0v) is 19.8. The molecular weight excluding hydrogens is 470 g/mol. The summed E-state index contributed by atoms with van der Waals surface area (Å²) in [5, 5.41) is 2.76. The highest BCUT2D eigenvalue weighted by Gasteiger charge is 2.10. The number of anilines is 1. The highest BCUT2D eigenvalue weighted by molar-refractivity contribution is 6.04. The number of ether oxygens (including phenoxy) is 2. The minimum absolute atomic E-state index is 0.251. The van der Waals surface area contributed by atoms with Gasteiger partial charge in [0.25, 0.3) is 17.7 Å². The van der Waals surface area contributed by atoms with Crippen LogP contribution in [-0.2, 0) is 11.4 Å². The maximum atomic E-state index is 12.3. The maximum absolute atomic E-state index is 12.3. The van der Waals surface area contributed by atoms with Crippen molar-refractivity contribution in [2.24, 2.45) is 0 Å². The van der Waals surface area contributed by atoms with Crippen molar-refractivity contribution in [2.75, 3.05) is 11.9 Å². The molecule has 0 unspecified atom stereocenters. The Hall–Kier alpha value is -5.11. The summed E-state index contributed by atoms with van der Waals surface area (Å²) in [6.07, 6.45) is 0. The molecule has 4 aromatic rings. The fourth-order valence-corrected chi connectivity index (χ4v) is 3.25. The van der Waals surface area contributed by atoms with E-state index in [0.29, 0.717) is 34.9 Å². The van der Waals surface area contributed by atoms with Gasteiger partial charge in [-0.3, -0.25) is 25.2 Å². The van der Waals surface area contributed by atoms with Gasteiger partial charge in [-0.2, -0.15) is 0 Å². The molecule has 8 heteroatoms. The van der Waals surface area contributed by atoms with Crippen LogP contribution < -0.4 is 25.6 Å². The molecule has 3 N–H and O–H groups in total. The molecule has 0 spiro atoms. The van der Waals surface area contributed by atoms with E-state index in [1.54, 1.807) is 72.8 Å². The van der Waals surface area contributed by atoms with Crippen LogP contribution in [0.5, 0.6) is 11.5 Å². The number of carbonyl (C=O) groups excluding carboxylic acids is 3. The summed E-state index contributed by atoms with van der Waals surface area (Å²) in [5.41, 5.74) is 7.09. The SMILES string of the molecule is O=C(COc1ccc(OCc2ccccc2)cc1)NNC(=O)c1ccc(NC(=O)c2ccccc2)cc1. The van der Waals surface area contributed by atoms with Gasteiger partial charge < -0.3 is 14.8 Å². The van der Waals surface area contributed by atoms with Gasteiger partial charge in [0.15, 0.2) is 6.61 Å². The average molecular weight is 496 g/mol. The van der Waals surface area contributed by atoms with Gasteiger partial charge >= 0.3 is 0 Å². The van der Waals surface area contributed by atoms with Crippen LogP contribution in [0.25, 0.3) is 0 Å². The van der Waals surface area contributed by atoms with Gasteiger partial charge in [0, 0.05) is 16.8 Å². The van der Waals surface area contributed by atoms with Crippen molar-refractivity contribution in [2.45, 2.75) is 6.61 Å². The molecule has 0 bridgehead atoms. The molecule has 186 valence electrons. The fraction of sp³-hybridized carbons (Fsp3) is 0.0690. The Morgan fingerprint density at radius 3 is 1.78 bits per heavy atom. The minimum Gasteiger partial charge on any atom is -0.489 e. The van der Waals surface area contributed by atoms with E-state index in [0.717, 1.165) is 5.56 Å². The van der Waals surface area contributed by atoms with E-state index in [9.17, 15) is 14.4 Å². The van der Waals surface area contributed by atoms with E-state index < -0.39 is 11.8 Å². The van der Waals surface area contributed by atoms with E-state index in [-0.39, 0.29) is 12.5 Å². The lowest BCUT2D eigenvalue weighted by Crippen LogP contribution is -2.43. The van der Waals surface area contributed by atoms with Crippen molar-refractivity contribution >= 4 is 23.4 Å². The van der Waals surface area contributed by atoms with E-state index in [2.05, 4.69) is 16.2 Å². The summed E-state index contributed by atoms with van der Waals surface area (Å²) >= 11 is 0. The van der Waals surface area contributed by atoms with Crippen LogP contribution in [0, 0.1) is 0 Å². The van der Waals surface area contributed by atoms with Crippen molar-refractivity contribution in [3.05, 3.63) is 126 Å². The van der Waals surface area contributed by atoms with Gasteiger partial charge in [0.2, 0.25) is 0 Å². The first-order chi connectivity index (χ1) is 18.1. The molecular formula is C29H25N3O5. The molecule has 3 amide bonds. The number of hydrazine groups is 1. The van der Waals surface area contributed by atoms with Crippen molar-refractivity contribution in [1.29, 1.82) is 0 Å². The summed E-state index contributed by atoms with van der Waals surface area (Å²) in [7, 11) is 0. The standard InChI is InChI=1S/C29H25N3O5/c33-27(20-37-26-17-15-25(16-18-26)36-19-21-7-3-1-4-8-21)31-32-29(35)23-11-13-24(14-12-23)30-28(34)22-9-5-2-6-10-22/h1-18H,19-20H2,(H,30,34)(H,31,33)(H,32,35). The van der Waals surface area contributed by atoms with Crippen molar-refractivity contribution in [3.8, 4) is 11.5 Å². The number of hydrogen-bond acceptors (Lipinski definition) is 5. The van der Waals surface area contributed by atoms with Crippen molar-refractivity contribution in [3.63, 3.8) is 0 Å². The Bertz CT molecular complexity index is 1330. The van der Waals surface area contributed by atoms with Gasteiger partial charge in [-0.15, -0.1) is 0 Å². The zero-order chi connectivity index (χ0) is 25.9. The lowest BCUT2D eigenvalue weighted by atomic mass is 10.1. The predicted molar refractivity (Wildman–Crippen MR) is 139 cm³/mol. The molecule has 37 heavy (non-hydrogen) atoms. The predicted octanol–water partition coefficient (Wildman–Crippen LogP) is 4.36. The van der Waals surface area contributed by atoms with Crippen molar-refractivity contribution in [1.82, 2.24) is 10.9 Å².